The summed E-state index contributed by atoms with van der Waals surface area (Å²) in [5.41, 5.74) is 14.4. The van der Waals surface area contributed by atoms with Gasteiger partial charge in [0.1, 0.15) is 0 Å². The van der Waals surface area contributed by atoms with Crippen LogP contribution in [0.3, 0.4) is 0 Å². The number of pyridine rings is 2. The minimum Gasteiger partial charge on any atom is -0.341 e. The number of piperidine rings is 1. The number of fused-ring (bicyclic) bond motifs is 1. The first kappa shape index (κ1) is 33.2. The SMILES string of the molecule is CC(=O)n1cc(C[C@H](N)C(=O)N2CCC(c3c(CNCCc4ccccn4)cccc3CNCc3ccccn3)CC2)c2ccccc21. The number of nitrogens with one attached hydrogen (secondary N) is 2. The minimum absolute atomic E-state index is 0.0326. The smallest absolute Gasteiger partial charge is 0.239 e. The van der Waals surface area contributed by atoms with Crippen LogP contribution < -0.4 is 16.4 Å². The molecule has 0 saturated carbocycles. The number of carbonyl (C=O) groups excluding carboxylic acids is 2. The Balaban J connectivity index is 1.12. The molecule has 1 saturated heterocycles. The number of carbonyl (C=O) groups is 2. The molecule has 6 rings (SSSR count). The summed E-state index contributed by atoms with van der Waals surface area (Å²) in [5, 5.41) is 8.22. The Morgan fingerprint density at radius 2 is 1.48 bits per heavy atom. The molecule has 0 bridgehead atoms. The number of aromatic nitrogens is 3. The van der Waals surface area contributed by atoms with E-state index in [4.69, 9.17) is 5.73 Å². The summed E-state index contributed by atoms with van der Waals surface area (Å²) in [6, 6.07) is 25.7. The van der Waals surface area contributed by atoms with Crippen molar-refractivity contribution < 1.29 is 9.59 Å². The number of benzene rings is 2. The summed E-state index contributed by atoms with van der Waals surface area (Å²) in [6.45, 7) is 5.92. The van der Waals surface area contributed by atoms with Crippen LogP contribution in [0.25, 0.3) is 10.9 Å². The molecule has 3 aromatic heterocycles. The van der Waals surface area contributed by atoms with Crippen LogP contribution in [0, 0.1) is 0 Å². The first-order valence-corrected chi connectivity index (χ1v) is 16.9. The zero-order chi connectivity index (χ0) is 33.3. The van der Waals surface area contributed by atoms with Crippen molar-refractivity contribution in [3.63, 3.8) is 0 Å². The maximum atomic E-state index is 13.6. The second-order valence-corrected chi connectivity index (χ2v) is 12.6. The molecule has 1 atom stereocenters. The number of hydrogen-bond acceptors (Lipinski definition) is 7. The Morgan fingerprint density at radius 3 is 2.17 bits per heavy atom. The van der Waals surface area contributed by atoms with Gasteiger partial charge in [0.25, 0.3) is 0 Å². The van der Waals surface area contributed by atoms with E-state index in [1.807, 2.05) is 78.1 Å². The summed E-state index contributed by atoms with van der Waals surface area (Å²) >= 11 is 0. The number of para-hydroxylation sites is 1. The highest BCUT2D eigenvalue weighted by atomic mass is 16.2. The van der Waals surface area contributed by atoms with E-state index in [-0.39, 0.29) is 11.8 Å². The van der Waals surface area contributed by atoms with Crippen molar-refractivity contribution in [1.29, 1.82) is 0 Å². The Morgan fingerprint density at radius 1 is 0.812 bits per heavy atom. The number of amides is 1. The molecular formula is C39H45N7O2. The molecule has 0 radical (unpaired) electrons. The van der Waals surface area contributed by atoms with Crippen molar-refractivity contribution in [2.45, 2.75) is 64.2 Å². The van der Waals surface area contributed by atoms with Crippen LogP contribution >= 0.6 is 0 Å². The summed E-state index contributed by atoms with van der Waals surface area (Å²) < 4.78 is 1.64. The Kier molecular flexibility index (Phi) is 11.0. The number of nitrogens with zero attached hydrogens (tertiary/aromatic N) is 4. The average Bonchev–Trinajstić information content (AvgIpc) is 3.49. The molecule has 0 spiro atoms. The highest BCUT2D eigenvalue weighted by Crippen LogP contribution is 2.34. The fourth-order valence-corrected chi connectivity index (χ4v) is 6.93. The first-order valence-electron chi connectivity index (χ1n) is 16.9. The van der Waals surface area contributed by atoms with Gasteiger partial charge in [0.15, 0.2) is 0 Å². The predicted octanol–water partition coefficient (Wildman–Crippen LogP) is 4.99. The number of likely N-dealkylation sites (tertiary alicyclic amines) is 1. The summed E-state index contributed by atoms with van der Waals surface area (Å²) in [7, 11) is 0. The third-order valence-electron chi connectivity index (χ3n) is 9.34. The summed E-state index contributed by atoms with van der Waals surface area (Å²) in [4.78, 5) is 36.7. The monoisotopic (exact) mass is 643 g/mol. The molecule has 5 aromatic rings. The lowest BCUT2D eigenvalue weighted by Gasteiger charge is -2.35. The molecule has 1 amide bonds. The Hall–Kier alpha value is -4.70. The second kappa shape index (κ2) is 15.9. The standard InChI is InChI=1S/C39H45N7O2/c1-28(47)46-27-32(35-13-2-3-14-37(35)46)23-36(40)39(48)45-21-16-29(17-22-45)38-30(24-41-20-15-33-11-4-6-18-43-33)9-8-10-31(38)25-42-26-34-12-5-7-19-44-34/h2-14,18-19,27,29,36,41-42H,15-17,20-26,40H2,1H3/t36-/m0/s1. The van der Waals surface area contributed by atoms with E-state index in [2.05, 4.69) is 44.9 Å². The number of nitrogens with two attached hydrogens (primary N) is 1. The fraction of sp³-hybridized carbons (Fsp3) is 0.333. The molecule has 4 heterocycles. The van der Waals surface area contributed by atoms with Gasteiger partial charge in [-0.1, -0.05) is 48.5 Å². The van der Waals surface area contributed by atoms with Crippen LogP contribution in [0.5, 0.6) is 0 Å². The summed E-state index contributed by atoms with van der Waals surface area (Å²) in [5.74, 6) is 0.239. The first-order chi connectivity index (χ1) is 23.5. The van der Waals surface area contributed by atoms with Crippen molar-refractivity contribution in [3.8, 4) is 0 Å². The van der Waals surface area contributed by atoms with Gasteiger partial charge >= 0.3 is 0 Å². The maximum absolute atomic E-state index is 13.6. The topological polar surface area (TPSA) is 118 Å². The van der Waals surface area contributed by atoms with Crippen molar-refractivity contribution in [1.82, 2.24) is 30.1 Å². The van der Waals surface area contributed by atoms with Gasteiger partial charge < -0.3 is 21.3 Å². The molecule has 2 aromatic carbocycles. The normalized spacial score (nSPS) is 14.3. The molecule has 9 nitrogen and oxygen atoms in total. The highest BCUT2D eigenvalue weighted by molar-refractivity contribution is 5.94. The van der Waals surface area contributed by atoms with Crippen LogP contribution in [0.4, 0.5) is 0 Å². The van der Waals surface area contributed by atoms with Gasteiger partial charge in [0.05, 0.1) is 17.3 Å². The van der Waals surface area contributed by atoms with Crippen LogP contribution in [-0.4, -0.2) is 56.9 Å². The predicted molar refractivity (Wildman–Crippen MR) is 189 cm³/mol. The van der Waals surface area contributed by atoms with Gasteiger partial charge in [-0.2, -0.15) is 0 Å². The third kappa shape index (κ3) is 8.05. The van der Waals surface area contributed by atoms with Crippen LogP contribution in [-0.2, 0) is 37.3 Å². The maximum Gasteiger partial charge on any atom is 0.239 e. The zero-order valence-corrected chi connectivity index (χ0v) is 27.6. The van der Waals surface area contributed by atoms with Gasteiger partial charge in [-0.05, 0) is 77.8 Å². The largest absolute Gasteiger partial charge is 0.341 e. The quantitative estimate of drug-likeness (QED) is 0.155. The molecule has 0 aliphatic carbocycles. The van der Waals surface area contributed by atoms with Gasteiger partial charge in [0, 0.05) is 82.3 Å². The molecular weight excluding hydrogens is 598 g/mol. The van der Waals surface area contributed by atoms with Gasteiger partial charge in [-0.15, -0.1) is 0 Å². The summed E-state index contributed by atoms with van der Waals surface area (Å²) in [6.07, 6.45) is 8.50. The van der Waals surface area contributed by atoms with E-state index in [1.165, 1.54) is 16.7 Å². The fourth-order valence-electron chi connectivity index (χ4n) is 6.93. The lowest BCUT2D eigenvalue weighted by atomic mass is 9.83. The molecule has 4 N–H and O–H groups in total. The number of hydrogen-bond donors (Lipinski definition) is 3. The molecule has 1 aliphatic heterocycles. The second-order valence-electron chi connectivity index (χ2n) is 12.6. The minimum atomic E-state index is -0.672. The highest BCUT2D eigenvalue weighted by Gasteiger charge is 2.30. The molecule has 248 valence electrons. The molecule has 9 heteroatoms. The van der Waals surface area contributed by atoms with Crippen molar-refractivity contribution in [3.05, 3.63) is 131 Å². The zero-order valence-electron chi connectivity index (χ0n) is 27.6. The molecule has 1 aliphatic rings. The van der Waals surface area contributed by atoms with Crippen LogP contribution in [0.1, 0.15) is 64.1 Å². The molecule has 0 unspecified atom stereocenters. The van der Waals surface area contributed by atoms with E-state index in [1.54, 1.807) is 11.5 Å². The van der Waals surface area contributed by atoms with Gasteiger partial charge in [0.2, 0.25) is 11.8 Å². The van der Waals surface area contributed by atoms with E-state index in [0.717, 1.165) is 66.8 Å². The third-order valence-corrected chi connectivity index (χ3v) is 9.34. The van der Waals surface area contributed by atoms with E-state index in [9.17, 15) is 9.59 Å². The van der Waals surface area contributed by atoms with Crippen LogP contribution in [0.15, 0.2) is 97.5 Å². The van der Waals surface area contributed by atoms with E-state index < -0.39 is 6.04 Å². The van der Waals surface area contributed by atoms with Crippen molar-refractivity contribution in [2.75, 3.05) is 19.6 Å². The Bertz CT molecular complexity index is 1810. The van der Waals surface area contributed by atoms with Crippen molar-refractivity contribution in [2.24, 2.45) is 5.73 Å². The van der Waals surface area contributed by atoms with Crippen molar-refractivity contribution >= 4 is 22.7 Å². The lowest BCUT2D eigenvalue weighted by Crippen LogP contribution is -2.48. The van der Waals surface area contributed by atoms with Gasteiger partial charge in [-0.3, -0.25) is 24.1 Å². The molecule has 1 fully saturated rings. The van der Waals surface area contributed by atoms with E-state index >= 15 is 0 Å². The number of rotatable bonds is 13. The lowest BCUT2D eigenvalue weighted by molar-refractivity contribution is -0.133. The molecule has 48 heavy (non-hydrogen) atoms. The van der Waals surface area contributed by atoms with Crippen LogP contribution in [0.2, 0.25) is 0 Å². The van der Waals surface area contributed by atoms with E-state index in [0.29, 0.717) is 32.0 Å². The van der Waals surface area contributed by atoms with Gasteiger partial charge in [-0.25, -0.2) is 0 Å². The Labute approximate surface area is 282 Å². The average molecular weight is 644 g/mol.